The van der Waals surface area contributed by atoms with Crippen LogP contribution in [0.2, 0.25) is 18.1 Å². The lowest BCUT2D eigenvalue weighted by atomic mass is 9.72. The summed E-state index contributed by atoms with van der Waals surface area (Å²) in [4.78, 5) is 19.2. The van der Waals surface area contributed by atoms with E-state index < -0.39 is 14.6 Å². The van der Waals surface area contributed by atoms with E-state index in [2.05, 4.69) is 57.0 Å². The Balaban J connectivity index is 1.70. The molecule has 44 heavy (non-hydrogen) atoms. The number of ether oxygens (including phenoxy) is 2. The molecule has 3 aromatic carbocycles. The third-order valence-corrected chi connectivity index (χ3v) is 9.98. The molecule has 236 valence electrons. The van der Waals surface area contributed by atoms with Crippen molar-refractivity contribution < 1.29 is 18.7 Å². The monoisotopic (exact) mass is 634 g/mol. The number of carbonyl (C=O) groups is 1. The number of hydrogen-bond acceptors (Lipinski definition) is 4. The van der Waals surface area contributed by atoms with Crippen LogP contribution in [0.5, 0.6) is 11.5 Å². The van der Waals surface area contributed by atoms with Crippen LogP contribution < -0.4 is 14.4 Å². The van der Waals surface area contributed by atoms with E-state index in [1.807, 2.05) is 53.4 Å². The average molecular weight is 635 g/mol. The molecule has 6 nitrogen and oxygen atoms in total. The molecule has 0 radical (unpaired) electrons. The van der Waals surface area contributed by atoms with Crippen molar-refractivity contribution in [2.75, 3.05) is 19.1 Å². The van der Waals surface area contributed by atoms with Gasteiger partial charge >= 0.3 is 6.03 Å². The van der Waals surface area contributed by atoms with Gasteiger partial charge in [0.15, 0.2) is 9.04 Å². The highest BCUT2D eigenvalue weighted by Crippen LogP contribution is 2.59. The summed E-state index contributed by atoms with van der Waals surface area (Å²) < 4.78 is 17.9. The average Bonchev–Trinajstić information content (AvgIpc) is 3.84. The minimum absolute atomic E-state index is 0.00635. The number of benzene rings is 3. The van der Waals surface area contributed by atoms with E-state index in [0.29, 0.717) is 18.1 Å². The summed E-state index contributed by atoms with van der Waals surface area (Å²) in [6.07, 6.45) is 3.80. The second kappa shape index (κ2) is 13.2. The van der Waals surface area contributed by atoms with E-state index in [1.54, 1.807) is 14.2 Å². The molecule has 0 saturated heterocycles. The molecule has 2 aliphatic rings. The zero-order chi connectivity index (χ0) is 31.6. The summed E-state index contributed by atoms with van der Waals surface area (Å²) in [5.74, 6) is 1.86. The lowest BCUT2D eigenvalue weighted by Gasteiger charge is -2.55. The second-order valence-corrected chi connectivity index (χ2v) is 16.5. The number of anilines is 1. The van der Waals surface area contributed by atoms with Gasteiger partial charge in [0.25, 0.3) is 0 Å². The van der Waals surface area contributed by atoms with Crippen LogP contribution >= 0.6 is 11.6 Å². The molecule has 1 fully saturated rings. The molecule has 1 saturated carbocycles. The van der Waals surface area contributed by atoms with Gasteiger partial charge in [-0.1, -0.05) is 56.6 Å². The quantitative estimate of drug-likeness (QED) is 0.187. The number of nitrogens with zero attached hydrogens (tertiary/aromatic N) is 2. The standard InChI is InChI=1S/C36H47ClN2O4Si/c1-35(2,3)21-20-33(43-44(6)7)36(27-12-13-27)31-22-28(37)14-19-32(31)38(23-25-8-15-29(41-4)16-9-25)34(40)39(36)24-26-10-17-30(42-5)18-11-26/h8-11,14-19,22,27,33,44H,12-13,20-21,23-24H2,1-7H3. The Kier molecular flexibility index (Phi) is 9.68. The fourth-order valence-corrected chi connectivity index (χ4v) is 7.83. The highest BCUT2D eigenvalue weighted by atomic mass is 35.5. The second-order valence-electron chi connectivity index (χ2n) is 13.7. The Hall–Kier alpha value is -3.00. The highest BCUT2D eigenvalue weighted by Gasteiger charge is 2.61. The molecular formula is C36H47ClN2O4Si. The van der Waals surface area contributed by atoms with Crippen LogP contribution in [0.15, 0.2) is 66.7 Å². The van der Waals surface area contributed by atoms with Crippen LogP contribution in [0.25, 0.3) is 0 Å². The molecule has 2 atom stereocenters. The molecule has 5 rings (SSSR count). The van der Waals surface area contributed by atoms with Gasteiger partial charge in [0.1, 0.15) is 11.5 Å². The zero-order valence-corrected chi connectivity index (χ0v) is 29.1. The van der Waals surface area contributed by atoms with Gasteiger partial charge in [-0.3, -0.25) is 4.90 Å². The van der Waals surface area contributed by atoms with Crippen molar-refractivity contribution in [3.63, 3.8) is 0 Å². The van der Waals surface area contributed by atoms with Crippen molar-refractivity contribution in [1.29, 1.82) is 0 Å². The van der Waals surface area contributed by atoms with Crippen LogP contribution in [-0.4, -0.2) is 40.3 Å². The maximum absolute atomic E-state index is 15.1. The summed E-state index contributed by atoms with van der Waals surface area (Å²) in [5.41, 5.74) is 3.58. The maximum Gasteiger partial charge on any atom is 0.325 e. The Labute approximate surface area is 270 Å². The van der Waals surface area contributed by atoms with Crippen molar-refractivity contribution in [3.05, 3.63) is 88.4 Å². The number of hydrogen-bond donors (Lipinski definition) is 0. The number of rotatable bonds is 12. The molecule has 8 heteroatoms. The largest absolute Gasteiger partial charge is 0.497 e. The van der Waals surface area contributed by atoms with E-state index in [1.165, 1.54) is 0 Å². The number of fused-ring (bicyclic) bond motifs is 1. The van der Waals surface area contributed by atoms with Gasteiger partial charge in [0.2, 0.25) is 0 Å². The van der Waals surface area contributed by atoms with Crippen LogP contribution in [0, 0.1) is 11.3 Å². The van der Waals surface area contributed by atoms with Gasteiger partial charge in [0, 0.05) is 17.1 Å². The molecule has 0 bridgehead atoms. The molecule has 2 amide bonds. The summed E-state index contributed by atoms with van der Waals surface area (Å²) in [7, 11) is 1.83. The molecule has 0 spiro atoms. The van der Waals surface area contributed by atoms with Crippen LogP contribution in [0.4, 0.5) is 10.5 Å². The molecule has 3 aromatic rings. The Bertz CT molecular complexity index is 1440. The molecule has 1 aliphatic heterocycles. The van der Waals surface area contributed by atoms with E-state index in [0.717, 1.165) is 59.6 Å². The summed E-state index contributed by atoms with van der Waals surface area (Å²) in [6, 6.07) is 22.1. The minimum Gasteiger partial charge on any atom is -0.497 e. The normalized spacial score (nSPS) is 19.2. The number of halogens is 1. The lowest BCUT2D eigenvalue weighted by molar-refractivity contribution is -0.0317. The van der Waals surface area contributed by atoms with E-state index >= 15 is 4.79 Å². The predicted molar refractivity (Wildman–Crippen MR) is 181 cm³/mol. The number of amides is 2. The van der Waals surface area contributed by atoms with Crippen molar-refractivity contribution >= 4 is 32.4 Å². The number of urea groups is 1. The third kappa shape index (κ3) is 6.80. The van der Waals surface area contributed by atoms with Gasteiger partial charge < -0.3 is 18.8 Å². The SMILES string of the molecule is COc1ccc(CN2C(=O)N(Cc3ccc(OC)cc3)C(C3CC3)(C(CCC(C)(C)C)O[SiH](C)C)c3cc(Cl)ccc32)cc1. The van der Waals surface area contributed by atoms with Crippen molar-refractivity contribution in [1.82, 2.24) is 4.90 Å². The minimum atomic E-state index is -1.51. The van der Waals surface area contributed by atoms with Gasteiger partial charge in [0.05, 0.1) is 38.1 Å². The van der Waals surface area contributed by atoms with Crippen LogP contribution in [0.1, 0.15) is 63.1 Å². The molecule has 0 N–H and O–H groups in total. The number of methoxy groups -OCH3 is 2. The Morgan fingerprint density at radius 2 is 1.48 bits per heavy atom. The predicted octanol–water partition coefficient (Wildman–Crippen LogP) is 8.80. The number of carbonyl (C=O) groups excluding carboxylic acids is 1. The maximum atomic E-state index is 15.1. The van der Waals surface area contributed by atoms with Crippen LogP contribution in [-0.2, 0) is 23.1 Å². The highest BCUT2D eigenvalue weighted by molar-refractivity contribution is 6.48. The van der Waals surface area contributed by atoms with E-state index in [-0.39, 0.29) is 23.5 Å². The summed E-state index contributed by atoms with van der Waals surface area (Å²) in [5, 5.41) is 0.674. The molecule has 2 unspecified atom stereocenters. The van der Waals surface area contributed by atoms with Crippen molar-refractivity contribution in [2.45, 2.75) is 84.3 Å². The molecular weight excluding hydrogens is 588 g/mol. The Morgan fingerprint density at radius 1 is 0.909 bits per heavy atom. The first-order valence-electron chi connectivity index (χ1n) is 15.8. The van der Waals surface area contributed by atoms with Gasteiger partial charge in [-0.2, -0.15) is 0 Å². The lowest BCUT2D eigenvalue weighted by Crippen LogP contribution is -2.65. The summed E-state index contributed by atoms with van der Waals surface area (Å²) >= 11 is 6.83. The van der Waals surface area contributed by atoms with Crippen LogP contribution in [0.3, 0.4) is 0 Å². The molecule has 0 aromatic heterocycles. The molecule has 1 aliphatic carbocycles. The van der Waals surface area contributed by atoms with Crippen molar-refractivity contribution in [2.24, 2.45) is 11.3 Å². The van der Waals surface area contributed by atoms with Gasteiger partial charge in [-0.15, -0.1) is 0 Å². The third-order valence-electron chi connectivity index (χ3n) is 8.87. The first-order chi connectivity index (χ1) is 21.0. The van der Waals surface area contributed by atoms with Gasteiger partial charge in [-0.05, 0) is 104 Å². The van der Waals surface area contributed by atoms with E-state index in [4.69, 9.17) is 25.5 Å². The topological polar surface area (TPSA) is 51.2 Å². The molecule has 1 heterocycles. The Morgan fingerprint density at radius 3 is 1.98 bits per heavy atom. The van der Waals surface area contributed by atoms with Gasteiger partial charge in [-0.25, -0.2) is 4.79 Å². The summed E-state index contributed by atoms with van der Waals surface area (Å²) in [6.45, 7) is 12.2. The smallest absolute Gasteiger partial charge is 0.325 e. The first-order valence-corrected chi connectivity index (χ1v) is 18.9. The fraction of sp³-hybridized carbons (Fsp3) is 0.472. The first kappa shape index (κ1) is 32.4. The zero-order valence-electron chi connectivity index (χ0n) is 27.2. The van der Waals surface area contributed by atoms with Crippen molar-refractivity contribution in [3.8, 4) is 11.5 Å². The fourth-order valence-electron chi connectivity index (χ4n) is 6.65. The van der Waals surface area contributed by atoms with E-state index in [9.17, 15) is 0 Å².